The molecule has 1 aliphatic rings. The van der Waals surface area contributed by atoms with Crippen LogP contribution in [0.25, 0.3) is 0 Å². The summed E-state index contributed by atoms with van der Waals surface area (Å²) in [5.41, 5.74) is 0. The summed E-state index contributed by atoms with van der Waals surface area (Å²) in [4.78, 5) is 11.6. The molecule has 4 heteroatoms. The molecular weight excluding hydrogens is 214 g/mol. The van der Waals surface area contributed by atoms with E-state index in [0.29, 0.717) is 5.88 Å². The van der Waals surface area contributed by atoms with Gasteiger partial charge in [-0.25, -0.2) is 0 Å². The standard InChI is InChI=1S/C11H20ClNO2/c12-7-3-1-4-8-13-11(14)10-6-2-5-9-15-10/h10H,1-9H2,(H,13,14). The first-order valence-electron chi connectivity index (χ1n) is 5.80. The quantitative estimate of drug-likeness (QED) is 0.564. The highest BCUT2D eigenvalue weighted by Crippen LogP contribution is 2.12. The Morgan fingerprint density at radius 3 is 2.87 bits per heavy atom. The molecule has 15 heavy (non-hydrogen) atoms. The number of alkyl halides is 1. The number of rotatable bonds is 6. The third-order valence-electron chi connectivity index (χ3n) is 2.58. The van der Waals surface area contributed by atoms with Gasteiger partial charge >= 0.3 is 0 Å². The number of halogens is 1. The average Bonchev–Trinajstić information content (AvgIpc) is 2.30. The van der Waals surface area contributed by atoms with Gasteiger partial charge in [-0.1, -0.05) is 6.42 Å². The second-order valence-electron chi connectivity index (χ2n) is 3.90. The van der Waals surface area contributed by atoms with Gasteiger partial charge in [-0.15, -0.1) is 11.6 Å². The van der Waals surface area contributed by atoms with Crippen molar-refractivity contribution < 1.29 is 9.53 Å². The van der Waals surface area contributed by atoms with E-state index in [9.17, 15) is 4.79 Å². The summed E-state index contributed by atoms with van der Waals surface area (Å²) in [6.45, 7) is 1.47. The number of unbranched alkanes of at least 4 members (excludes halogenated alkanes) is 2. The van der Waals surface area contributed by atoms with E-state index in [0.717, 1.165) is 51.7 Å². The van der Waals surface area contributed by atoms with Crippen molar-refractivity contribution in [3.63, 3.8) is 0 Å². The number of nitrogens with one attached hydrogen (secondary N) is 1. The molecule has 0 aromatic rings. The number of ether oxygens (including phenoxy) is 1. The lowest BCUT2D eigenvalue weighted by molar-refractivity contribution is -0.135. The van der Waals surface area contributed by atoms with Crippen molar-refractivity contribution in [1.82, 2.24) is 5.32 Å². The van der Waals surface area contributed by atoms with E-state index in [1.165, 1.54) is 0 Å². The van der Waals surface area contributed by atoms with E-state index in [-0.39, 0.29) is 12.0 Å². The first kappa shape index (κ1) is 12.8. The zero-order chi connectivity index (χ0) is 10.9. The van der Waals surface area contributed by atoms with Crippen LogP contribution in [-0.4, -0.2) is 31.0 Å². The largest absolute Gasteiger partial charge is 0.368 e. The topological polar surface area (TPSA) is 38.3 Å². The van der Waals surface area contributed by atoms with Crippen LogP contribution in [0, 0.1) is 0 Å². The molecule has 88 valence electrons. The van der Waals surface area contributed by atoms with Gasteiger partial charge in [0.25, 0.3) is 0 Å². The van der Waals surface area contributed by atoms with Gasteiger partial charge in [-0.3, -0.25) is 4.79 Å². The molecular formula is C11H20ClNO2. The summed E-state index contributed by atoms with van der Waals surface area (Å²) in [5.74, 6) is 0.764. The summed E-state index contributed by atoms with van der Waals surface area (Å²) in [6, 6.07) is 0. The normalized spacial score (nSPS) is 21.3. The SMILES string of the molecule is O=C(NCCCCCCl)C1CCCCO1. The molecule has 1 fully saturated rings. The predicted octanol–water partition coefficient (Wildman–Crippen LogP) is 2.08. The van der Waals surface area contributed by atoms with Crippen LogP contribution in [0.2, 0.25) is 0 Å². The van der Waals surface area contributed by atoms with Crippen molar-refractivity contribution in [2.45, 2.75) is 44.6 Å². The smallest absolute Gasteiger partial charge is 0.249 e. The fourth-order valence-corrected chi connectivity index (χ4v) is 1.86. The van der Waals surface area contributed by atoms with Gasteiger partial charge in [-0.05, 0) is 32.1 Å². The van der Waals surface area contributed by atoms with E-state index >= 15 is 0 Å². The molecule has 1 amide bonds. The maximum atomic E-state index is 11.6. The van der Waals surface area contributed by atoms with Crippen molar-refractivity contribution in [2.75, 3.05) is 19.0 Å². The molecule has 1 N–H and O–H groups in total. The lowest BCUT2D eigenvalue weighted by atomic mass is 10.1. The molecule has 1 atom stereocenters. The third-order valence-corrected chi connectivity index (χ3v) is 2.85. The number of carbonyl (C=O) groups excluding carboxylic acids is 1. The zero-order valence-corrected chi connectivity index (χ0v) is 9.89. The third kappa shape index (κ3) is 5.38. The minimum absolute atomic E-state index is 0.0561. The lowest BCUT2D eigenvalue weighted by Gasteiger charge is -2.21. The van der Waals surface area contributed by atoms with Gasteiger partial charge in [-0.2, -0.15) is 0 Å². The maximum absolute atomic E-state index is 11.6. The molecule has 0 bridgehead atoms. The Kier molecular flexibility index (Phi) is 6.77. The minimum Gasteiger partial charge on any atom is -0.368 e. The van der Waals surface area contributed by atoms with Gasteiger partial charge < -0.3 is 10.1 Å². The van der Waals surface area contributed by atoms with Crippen LogP contribution in [0.15, 0.2) is 0 Å². The van der Waals surface area contributed by atoms with Crippen molar-refractivity contribution in [3.05, 3.63) is 0 Å². The first-order chi connectivity index (χ1) is 7.34. The zero-order valence-electron chi connectivity index (χ0n) is 9.14. The van der Waals surface area contributed by atoms with Crippen LogP contribution in [-0.2, 0) is 9.53 Å². The van der Waals surface area contributed by atoms with Crippen molar-refractivity contribution in [1.29, 1.82) is 0 Å². The van der Waals surface area contributed by atoms with E-state index in [1.807, 2.05) is 0 Å². The van der Waals surface area contributed by atoms with Crippen LogP contribution in [0.5, 0.6) is 0 Å². The van der Waals surface area contributed by atoms with Crippen LogP contribution in [0.3, 0.4) is 0 Å². The summed E-state index contributed by atoms with van der Waals surface area (Å²) in [7, 11) is 0. The fraction of sp³-hybridized carbons (Fsp3) is 0.909. The van der Waals surface area contributed by atoms with Gasteiger partial charge in [0, 0.05) is 19.0 Å². The average molecular weight is 234 g/mol. The van der Waals surface area contributed by atoms with E-state index in [2.05, 4.69) is 5.32 Å². The van der Waals surface area contributed by atoms with Crippen LogP contribution < -0.4 is 5.32 Å². The number of hydrogen-bond acceptors (Lipinski definition) is 2. The molecule has 0 aliphatic carbocycles. The van der Waals surface area contributed by atoms with Gasteiger partial charge in [0.15, 0.2) is 0 Å². The Hall–Kier alpha value is -0.280. The highest BCUT2D eigenvalue weighted by molar-refractivity contribution is 6.17. The first-order valence-corrected chi connectivity index (χ1v) is 6.33. The molecule has 1 aliphatic heterocycles. The fourth-order valence-electron chi connectivity index (χ4n) is 1.67. The van der Waals surface area contributed by atoms with Gasteiger partial charge in [0.1, 0.15) is 6.10 Å². The number of carbonyl (C=O) groups is 1. The highest BCUT2D eigenvalue weighted by Gasteiger charge is 2.20. The maximum Gasteiger partial charge on any atom is 0.249 e. The number of amides is 1. The van der Waals surface area contributed by atoms with Crippen molar-refractivity contribution in [2.24, 2.45) is 0 Å². The van der Waals surface area contributed by atoms with Crippen LogP contribution in [0.4, 0.5) is 0 Å². The Morgan fingerprint density at radius 1 is 1.33 bits per heavy atom. The number of hydrogen-bond donors (Lipinski definition) is 1. The van der Waals surface area contributed by atoms with Crippen molar-refractivity contribution >= 4 is 17.5 Å². The second-order valence-corrected chi connectivity index (χ2v) is 4.27. The molecule has 0 aromatic carbocycles. The molecule has 1 unspecified atom stereocenters. The molecule has 0 aromatic heterocycles. The lowest BCUT2D eigenvalue weighted by Crippen LogP contribution is -2.38. The molecule has 3 nitrogen and oxygen atoms in total. The Balaban J connectivity index is 2.02. The van der Waals surface area contributed by atoms with E-state index < -0.39 is 0 Å². The van der Waals surface area contributed by atoms with Gasteiger partial charge in [0.05, 0.1) is 0 Å². The Labute approximate surface area is 96.5 Å². The molecule has 0 saturated carbocycles. The highest BCUT2D eigenvalue weighted by atomic mass is 35.5. The summed E-state index contributed by atoms with van der Waals surface area (Å²) >= 11 is 5.56. The summed E-state index contributed by atoms with van der Waals surface area (Å²) in [5, 5.41) is 2.90. The Morgan fingerprint density at radius 2 is 2.20 bits per heavy atom. The Bertz CT molecular complexity index is 181. The van der Waals surface area contributed by atoms with E-state index in [4.69, 9.17) is 16.3 Å². The minimum atomic E-state index is -0.202. The second kappa shape index (κ2) is 7.94. The summed E-state index contributed by atoms with van der Waals surface area (Å²) < 4.78 is 5.38. The molecule has 1 saturated heterocycles. The monoisotopic (exact) mass is 233 g/mol. The van der Waals surface area contributed by atoms with Crippen molar-refractivity contribution in [3.8, 4) is 0 Å². The molecule has 0 spiro atoms. The molecule has 0 radical (unpaired) electrons. The van der Waals surface area contributed by atoms with Crippen LogP contribution in [0.1, 0.15) is 38.5 Å². The molecule has 1 heterocycles. The molecule has 1 rings (SSSR count). The van der Waals surface area contributed by atoms with Crippen LogP contribution >= 0.6 is 11.6 Å². The van der Waals surface area contributed by atoms with E-state index in [1.54, 1.807) is 0 Å². The van der Waals surface area contributed by atoms with Gasteiger partial charge in [0.2, 0.25) is 5.91 Å². The summed E-state index contributed by atoms with van der Waals surface area (Å²) in [6.07, 6.45) is 5.96. The predicted molar refractivity (Wildman–Crippen MR) is 61.2 cm³/mol.